The summed E-state index contributed by atoms with van der Waals surface area (Å²) >= 11 is 6.82. The zero-order valence-electron chi connectivity index (χ0n) is 11.1. The first-order valence-electron chi connectivity index (χ1n) is 5.68. The van der Waals surface area contributed by atoms with Crippen LogP contribution in [0.15, 0.2) is 36.7 Å². The summed E-state index contributed by atoms with van der Waals surface area (Å²) in [6, 6.07) is 8.62. The molecule has 1 aromatic carbocycles. The normalized spacial score (nSPS) is 10.3. The average Bonchev–Trinajstić information content (AvgIpc) is 2.64. The Morgan fingerprint density at radius 2 is 1.53 bits per heavy atom. The third-order valence-electron chi connectivity index (χ3n) is 2.48. The molecule has 0 saturated carbocycles. The Bertz CT molecular complexity index is 536. The van der Waals surface area contributed by atoms with Crippen LogP contribution in [-0.2, 0) is 40.0 Å². The molecule has 0 radical (unpaired) electrons. The van der Waals surface area contributed by atoms with Crippen LogP contribution in [0.25, 0.3) is 0 Å². The number of halogens is 2. The fraction of sp³-hybridized carbons (Fsp3) is 0.308. The predicted molar refractivity (Wildman–Crippen MR) is 92.4 cm³/mol. The van der Waals surface area contributed by atoms with Gasteiger partial charge in [-0.25, -0.2) is 0 Å². The molecular weight excluding hydrogens is 647 g/mol. The Morgan fingerprint density at radius 3 is 1.84 bits per heavy atom. The van der Waals surface area contributed by atoms with Gasteiger partial charge in [0, 0.05) is 52.3 Å². The van der Waals surface area contributed by atoms with E-state index in [1.54, 1.807) is 0 Å². The van der Waals surface area contributed by atoms with E-state index >= 15 is 0 Å². The van der Waals surface area contributed by atoms with Crippen LogP contribution in [0, 0.1) is 10.7 Å². The molecule has 2 aromatic rings. The summed E-state index contributed by atoms with van der Waals surface area (Å²) in [5, 5.41) is 0. The van der Waals surface area contributed by atoms with Gasteiger partial charge < -0.3 is 0 Å². The Hall–Kier alpha value is 0.538. The van der Waals surface area contributed by atoms with Gasteiger partial charge in [0.1, 0.15) is 0 Å². The van der Waals surface area contributed by atoms with Gasteiger partial charge >= 0.3 is 58.8 Å². The van der Waals surface area contributed by atoms with Gasteiger partial charge in [0.05, 0.1) is 0 Å². The molecule has 3 nitrogen and oxygen atoms in total. The summed E-state index contributed by atoms with van der Waals surface area (Å²) in [5.74, 6) is 0. The fourth-order valence-corrected chi connectivity index (χ4v) is 2.52. The number of hydrogen-bond donors (Lipinski definition) is 0. The summed E-state index contributed by atoms with van der Waals surface area (Å²) in [6.07, 6.45) is 4.06. The maximum atomic E-state index is 2.27. The number of hydrogen-bond acceptors (Lipinski definition) is 1. The van der Waals surface area contributed by atoms with Gasteiger partial charge in [0.15, 0.2) is 0 Å². The van der Waals surface area contributed by atoms with E-state index in [9.17, 15) is 0 Å². The molecule has 19 heavy (non-hydrogen) atoms. The molecule has 2 rings (SSSR count). The van der Waals surface area contributed by atoms with E-state index in [0.29, 0.717) is 0 Å². The molecule has 0 unspecified atom stereocenters. The van der Waals surface area contributed by atoms with Crippen molar-refractivity contribution in [2.45, 2.75) is 13.5 Å². The predicted octanol–water partition coefficient (Wildman–Crippen LogP) is 3.94. The molecule has 0 bridgehead atoms. The number of benzene rings is 1. The second-order valence-electron chi connectivity index (χ2n) is 4.21. The minimum absolute atomic E-state index is 1.00. The zero-order chi connectivity index (χ0) is 14.4. The number of imidazole rings is 1. The SMILES string of the molecule is Cc1ccc(CN(I)I)cc1.Cn1ccn(C)[c]1=[Pt]. The second-order valence-corrected chi connectivity index (χ2v) is 9.40. The Balaban J connectivity index is 0.000000200. The van der Waals surface area contributed by atoms with E-state index in [0.717, 1.165) is 6.54 Å². The molecule has 0 aliphatic heterocycles. The maximum absolute atomic E-state index is 2.27. The van der Waals surface area contributed by atoms with Crippen LogP contribution in [0.1, 0.15) is 11.1 Å². The number of aryl methyl sites for hydroxylation is 3. The first-order chi connectivity index (χ1) is 8.90. The van der Waals surface area contributed by atoms with Crippen molar-refractivity contribution in [2.75, 3.05) is 0 Å². The minimum atomic E-state index is 1.00. The Kier molecular flexibility index (Phi) is 8.09. The van der Waals surface area contributed by atoms with Crippen molar-refractivity contribution in [3.8, 4) is 0 Å². The standard InChI is InChI=1S/C8H9I2N.C5H8N2.Pt/c1-7-2-4-8(5-3-7)6-11(9)10;1-6-3-4-7(2)5-6;/h2-5H,6H2,1H3;3-4H,1-2H3;. The third-order valence-corrected chi connectivity index (χ3v) is 4.76. The van der Waals surface area contributed by atoms with Crippen LogP contribution >= 0.6 is 45.7 Å². The van der Waals surface area contributed by atoms with Crippen LogP contribution in [0.4, 0.5) is 0 Å². The van der Waals surface area contributed by atoms with Crippen molar-refractivity contribution < 1.29 is 19.4 Å². The summed E-state index contributed by atoms with van der Waals surface area (Å²) in [7, 11) is 4.06. The molecule has 0 aliphatic rings. The molecule has 0 amide bonds. The van der Waals surface area contributed by atoms with Gasteiger partial charge in [-0.2, -0.15) is 1.33 Å². The molecule has 1 aromatic heterocycles. The van der Waals surface area contributed by atoms with E-state index in [4.69, 9.17) is 0 Å². The van der Waals surface area contributed by atoms with E-state index in [1.807, 2.05) is 26.5 Å². The van der Waals surface area contributed by atoms with Crippen LogP contribution in [0.2, 0.25) is 0 Å². The Morgan fingerprint density at radius 1 is 1.05 bits per heavy atom. The van der Waals surface area contributed by atoms with Crippen molar-refractivity contribution in [3.63, 3.8) is 0 Å². The van der Waals surface area contributed by atoms with E-state index in [1.165, 1.54) is 14.9 Å². The summed E-state index contributed by atoms with van der Waals surface area (Å²) in [4.78, 5) is 0. The van der Waals surface area contributed by atoms with Gasteiger partial charge in [-0.3, -0.25) is 0 Å². The molecule has 0 spiro atoms. The van der Waals surface area contributed by atoms with Gasteiger partial charge in [0.2, 0.25) is 0 Å². The number of aromatic nitrogens is 2. The van der Waals surface area contributed by atoms with Gasteiger partial charge in [-0.05, 0) is 12.5 Å². The van der Waals surface area contributed by atoms with Crippen molar-refractivity contribution in [1.29, 1.82) is 0 Å². The molecule has 108 valence electrons. The molecule has 0 fully saturated rings. The average molecular weight is 664 g/mol. The van der Waals surface area contributed by atoms with Gasteiger partial charge in [-0.1, -0.05) is 29.8 Å². The van der Waals surface area contributed by atoms with Crippen molar-refractivity contribution in [3.05, 3.63) is 51.6 Å². The quantitative estimate of drug-likeness (QED) is 0.351. The van der Waals surface area contributed by atoms with E-state index < -0.39 is 0 Å². The van der Waals surface area contributed by atoms with Crippen molar-refractivity contribution in [1.82, 2.24) is 10.5 Å². The van der Waals surface area contributed by atoms with Crippen molar-refractivity contribution in [2.24, 2.45) is 14.1 Å². The van der Waals surface area contributed by atoms with Crippen LogP contribution in [0.3, 0.4) is 0 Å². The molecule has 0 aliphatic carbocycles. The topological polar surface area (TPSA) is 13.1 Å². The van der Waals surface area contributed by atoms with E-state index in [2.05, 4.69) is 107 Å². The third kappa shape index (κ3) is 6.69. The first kappa shape index (κ1) is 17.6. The summed E-state index contributed by atoms with van der Waals surface area (Å²) < 4.78 is 7.49. The van der Waals surface area contributed by atoms with Crippen molar-refractivity contribution >= 4 is 45.7 Å². The summed E-state index contributed by atoms with van der Waals surface area (Å²) in [6.45, 7) is 3.11. The van der Waals surface area contributed by atoms with Crippen LogP contribution < -0.4 is 0 Å². The molecule has 0 saturated heterocycles. The first-order valence-corrected chi connectivity index (χ1v) is 8.74. The molecule has 1 heterocycles. The zero-order valence-corrected chi connectivity index (χ0v) is 17.7. The van der Waals surface area contributed by atoms with E-state index in [-0.39, 0.29) is 0 Å². The Labute approximate surface area is 153 Å². The fourth-order valence-electron chi connectivity index (χ4n) is 1.39. The number of rotatable bonds is 2. The summed E-state index contributed by atoms with van der Waals surface area (Å²) in [5.41, 5.74) is 2.68. The van der Waals surface area contributed by atoms with Gasteiger partial charge in [-0.15, -0.1) is 0 Å². The van der Waals surface area contributed by atoms with Gasteiger partial charge in [0.25, 0.3) is 0 Å². The molecule has 6 heteroatoms. The van der Waals surface area contributed by atoms with Crippen LogP contribution in [-0.4, -0.2) is 10.5 Å². The van der Waals surface area contributed by atoms with Crippen LogP contribution in [0.5, 0.6) is 0 Å². The monoisotopic (exact) mass is 664 g/mol. The second kappa shape index (κ2) is 8.74. The number of nitrogens with zero attached hydrogens (tertiary/aromatic N) is 3. The molecule has 0 N–H and O–H groups in total. The molecular formula is C13H17I2N3Pt. The molecule has 0 atom stereocenters.